The lowest BCUT2D eigenvalue weighted by Crippen LogP contribution is -2.36. The van der Waals surface area contributed by atoms with E-state index in [1.54, 1.807) is 13.2 Å². The highest BCUT2D eigenvalue weighted by molar-refractivity contribution is 14.0. The van der Waals surface area contributed by atoms with E-state index >= 15 is 0 Å². The van der Waals surface area contributed by atoms with Crippen molar-refractivity contribution in [1.29, 1.82) is 0 Å². The van der Waals surface area contributed by atoms with Crippen LogP contribution >= 0.6 is 24.0 Å². The molecule has 0 spiro atoms. The average Bonchev–Trinajstić information content (AvgIpc) is 2.69. The predicted molar refractivity (Wildman–Crippen MR) is 126 cm³/mol. The maximum absolute atomic E-state index is 5.71. The standard InChI is InChI=1S/C22H29N3O2.HI/c1-4-13-27-21-12-7-6-11-20(21)16-25-22(23-5-2)24-15-18-9-8-10-19(14-18)17-26-3;/h4,6-12,14H,1,5,13,15-17H2,2-3H3,(H2,23,24,25);1H. The fourth-order valence-corrected chi connectivity index (χ4v) is 2.61. The van der Waals surface area contributed by atoms with Gasteiger partial charge in [-0.2, -0.15) is 0 Å². The normalized spacial score (nSPS) is 10.7. The largest absolute Gasteiger partial charge is 0.489 e. The van der Waals surface area contributed by atoms with Crippen molar-refractivity contribution in [2.75, 3.05) is 20.3 Å². The molecule has 0 radical (unpaired) electrons. The Kier molecular flexibility index (Phi) is 12.0. The Morgan fingerprint density at radius 3 is 2.64 bits per heavy atom. The molecule has 0 fully saturated rings. The lowest BCUT2D eigenvalue weighted by Gasteiger charge is -2.14. The molecule has 152 valence electrons. The summed E-state index contributed by atoms with van der Waals surface area (Å²) in [6.07, 6.45) is 1.74. The van der Waals surface area contributed by atoms with E-state index in [2.05, 4.69) is 47.3 Å². The van der Waals surface area contributed by atoms with E-state index < -0.39 is 0 Å². The molecular formula is C22H30IN3O2. The monoisotopic (exact) mass is 495 g/mol. The third kappa shape index (κ3) is 8.31. The van der Waals surface area contributed by atoms with Crippen LogP contribution in [-0.4, -0.2) is 26.2 Å². The van der Waals surface area contributed by atoms with E-state index in [0.717, 1.165) is 34.9 Å². The van der Waals surface area contributed by atoms with Crippen molar-refractivity contribution in [3.8, 4) is 5.75 Å². The van der Waals surface area contributed by atoms with Crippen molar-refractivity contribution < 1.29 is 9.47 Å². The van der Waals surface area contributed by atoms with Crippen LogP contribution in [0.1, 0.15) is 23.6 Å². The summed E-state index contributed by atoms with van der Waals surface area (Å²) in [5.74, 6) is 1.63. The van der Waals surface area contributed by atoms with E-state index in [1.165, 1.54) is 0 Å². The predicted octanol–water partition coefficient (Wildman–Crippen LogP) is 4.27. The van der Waals surface area contributed by atoms with Crippen LogP contribution in [0, 0.1) is 0 Å². The third-order valence-electron chi connectivity index (χ3n) is 3.84. The highest BCUT2D eigenvalue weighted by atomic mass is 127. The number of methoxy groups -OCH3 is 1. The van der Waals surface area contributed by atoms with Gasteiger partial charge in [0.05, 0.1) is 13.2 Å². The second-order valence-electron chi connectivity index (χ2n) is 6.01. The van der Waals surface area contributed by atoms with Crippen LogP contribution in [0.25, 0.3) is 0 Å². The Balaban J connectivity index is 0.00000392. The number of hydrogen-bond donors (Lipinski definition) is 2. The summed E-state index contributed by atoms with van der Waals surface area (Å²) < 4.78 is 10.9. The molecular weight excluding hydrogens is 465 g/mol. The van der Waals surface area contributed by atoms with Gasteiger partial charge in [-0.3, -0.25) is 0 Å². The van der Waals surface area contributed by atoms with Gasteiger partial charge < -0.3 is 20.1 Å². The summed E-state index contributed by atoms with van der Waals surface area (Å²) in [6, 6.07) is 16.3. The zero-order valence-electron chi connectivity index (χ0n) is 16.6. The Morgan fingerprint density at radius 1 is 1.11 bits per heavy atom. The van der Waals surface area contributed by atoms with Crippen molar-refractivity contribution in [3.05, 3.63) is 77.9 Å². The first-order chi connectivity index (χ1) is 13.3. The summed E-state index contributed by atoms with van der Waals surface area (Å²) in [5, 5.41) is 6.65. The van der Waals surface area contributed by atoms with Gasteiger partial charge in [0.2, 0.25) is 0 Å². The van der Waals surface area contributed by atoms with Crippen LogP contribution < -0.4 is 15.4 Å². The lowest BCUT2D eigenvalue weighted by molar-refractivity contribution is 0.185. The van der Waals surface area contributed by atoms with Crippen molar-refractivity contribution >= 4 is 29.9 Å². The van der Waals surface area contributed by atoms with Gasteiger partial charge >= 0.3 is 0 Å². The minimum atomic E-state index is 0. The van der Waals surface area contributed by atoms with Crippen LogP contribution in [0.5, 0.6) is 5.75 Å². The van der Waals surface area contributed by atoms with Crippen LogP contribution in [0.15, 0.2) is 66.2 Å². The van der Waals surface area contributed by atoms with Gasteiger partial charge in [-0.15, -0.1) is 24.0 Å². The van der Waals surface area contributed by atoms with Crippen molar-refractivity contribution in [2.24, 2.45) is 4.99 Å². The first kappa shape index (κ1) is 24.0. The molecule has 28 heavy (non-hydrogen) atoms. The Hall–Kier alpha value is -2.06. The summed E-state index contributed by atoms with van der Waals surface area (Å²) in [7, 11) is 1.70. The molecule has 0 bridgehead atoms. The highest BCUT2D eigenvalue weighted by Gasteiger charge is 2.04. The molecule has 2 N–H and O–H groups in total. The molecule has 0 unspecified atom stereocenters. The third-order valence-corrected chi connectivity index (χ3v) is 3.84. The van der Waals surface area contributed by atoms with E-state index in [0.29, 0.717) is 26.3 Å². The zero-order chi connectivity index (χ0) is 19.3. The number of halogens is 1. The fraction of sp³-hybridized carbons (Fsp3) is 0.318. The van der Waals surface area contributed by atoms with Gasteiger partial charge in [-0.1, -0.05) is 55.1 Å². The smallest absolute Gasteiger partial charge is 0.191 e. The van der Waals surface area contributed by atoms with E-state index in [1.807, 2.05) is 30.3 Å². The molecule has 0 aromatic heterocycles. The highest BCUT2D eigenvalue weighted by Crippen LogP contribution is 2.17. The second-order valence-corrected chi connectivity index (χ2v) is 6.01. The van der Waals surface area contributed by atoms with E-state index in [-0.39, 0.29) is 24.0 Å². The van der Waals surface area contributed by atoms with Gasteiger partial charge in [0.25, 0.3) is 0 Å². The van der Waals surface area contributed by atoms with Crippen LogP contribution in [0.2, 0.25) is 0 Å². The van der Waals surface area contributed by atoms with Gasteiger partial charge in [0, 0.05) is 25.8 Å². The number of ether oxygens (including phenoxy) is 2. The number of nitrogens with one attached hydrogen (secondary N) is 2. The molecule has 5 nitrogen and oxygen atoms in total. The van der Waals surface area contributed by atoms with E-state index in [9.17, 15) is 0 Å². The molecule has 0 amide bonds. The molecule has 0 aliphatic rings. The van der Waals surface area contributed by atoms with Gasteiger partial charge in [0.1, 0.15) is 12.4 Å². The summed E-state index contributed by atoms with van der Waals surface area (Å²) in [5.41, 5.74) is 3.37. The summed E-state index contributed by atoms with van der Waals surface area (Å²) >= 11 is 0. The molecule has 2 rings (SSSR count). The minimum absolute atomic E-state index is 0. The molecule has 0 atom stereocenters. The second kappa shape index (κ2) is 14.0. The number of nitrogens with zero attached hydrogens (tertiary/aromatic N) is 1. The molecule has 2 aromatic rings. The number of guanidine groups is 1. The first-order valence-electron chi connectivity index (χ1n) is 9.17. The number of aliphatic imine (C=N–C) groups is 1. The van der Waals surface area contributed by atoms with Crippen LogP contribution in [0.3, 0.4) is 0 Å². The molecule has 0 saturated heterocycles. The zero-order valence-corrected chi connectivity index (χ0v) is 18.9. The number of hydrogen-bond acceptors (Lipinski definition) is 3. The Labute approximate surface area is 185 Å². The molecule has 0 aliphatic carbocycles. The number of para-hydroxylation sites is 1. The average molecular weight is 495 g/mol. The number of rotatable bonds is 10. The van der Waals surface area contributed by atoms with Crippen molar-refractivity contribution in [1.82, 2.24) is 10.6 Å². The van der Waals surface area contributed by atoms with Crippen LogP contribution in [-0.2, 0) is 24.4 Å². The summed E-state index contributed by atoms with van der Waals surface area (Å²) in [4.78, 5) is 4.69. The molecule has 2 aromatic carbocycles. The lowest BCUT2D eigenvalue weighted by atomic mass is 10.1. The number of benzene rings is 2. The van der Waals surface area contributed by atoms with Gasteiger partial charge in [0.15, 0.2) is 5.96 Å². The SMILES string of the molecule is C=CCOc1ccccc1CNC(=NCc1cccc(COC)c1)NCC.I. The quantitative estimate of drug-likeness (QED) is 0.224. The maximum atomic E-state index is 5.71. The molecule has 0 aliphatic heterocycles. The van der Waals surface area contributed by atoms with Gasteiger partial charge in [-0.05, 0) is 24.1 Å². The Morgan fingerprint density at radius 2 is 1.89 bits per heavy atom. The van der Waals surface area contributed by atoms with Crippen molar-refractivity contribution in [2.45, 2.75) is 26.6 Å². The maximum Gasteiger partial charge on any atom is 0.191 e. The van der Waals surface area contributed by atoms with Gasteiger partial charge in [-0.25, -0.2) is 4.99 Å². The Bertz CT molecular complexity index is 750. The van der Waals surface area contributed by atoms with Crippen LogP contribution in [0.4, 0.5) is 0 Å². The minimum Gasteiger partial charge on any atom is -0.489 e. The van der Waals surface area contributed by atoms with E-state index in [4.69, 9.17) is 9.47 Å². The molecule has 6 heteroatoms. The molecule has 0 heterocycles. The first-order valence-corrected chi connectivity index (χ1v) is 9.17. The topological polar surface area (TPSA) is 54.9 Å². The van der Waals surface area contributed by atoms with Crippen molar-refractivity contribution in [3.63, 3.8) is 0 Å². The molecule has 0 saturated carbocycles. The fourth-order valence-electron chi connectivity index (χ4n) is 2.61. The summed E-state index contributed by atoms with van der Waals surface area (Å²) in [6.45, 7) is 8.87.